The van der Waals surface area contributed by atoms with Crippen molar-refractivity contribution in [2.24, 2.45) is 14.1 Å². The van der Waals surface area contributed by atoms with Crippen LogP contribution in [0.25, 0.3) is 11.0 Å². The SMILES string of the molecule is Cn1c(=O)c2ccc(C(=O)Nc3ccc(F)cc3Cl)nc2n(C)c1=O. The number of carbonyl (C=O) groups is 1. The Morgan fingerprint density at radius 1 is 1.16 bits per heavy atom. The van der Waals surface area contributed by atoms with E-state index in [1.165, 1.54) is 36.9 Å². The molecule has 0 radical (unpaired) electrons. The van der Waals surface area contributed by atoms with Gasteiger partial charge in [0, 0.05) is 14.1 Å². The van der Waals surface area contributed by atoms with E-state index in [-0.39, 0.29) is 27.4 Å². The smallest absolute Gasteiger partial charge is 0.319 e. The second-order valence-electron chi connectivity index (χ2n) is 5.35. The van der Waals surface area contributed by atoms with Crippen LogP contribution in [0.1, 0.15) is 10.5 Å². The van der Waals surface area contributed by atoms with Gasteiger partial charge in [0.15, 0.2) is 0 Å². The lowest BCUT2D eigenvalue weighted by Crippen LogP contribution is -2.37. The van der Waals surface area contributed by atoms with E-state index >= 15 is 0 Å². The number of fused-ring (bicyclic) bond motifs is 1. The number of pyridine rings is 1. The number of halogens is 2. The number of hydrogen-bond acceptors (Lipinski definition) is 4. The molecule has 0 aliphatic carbocycles. The van der Waals surface area contributed by atoms with E-state index in [9.17, 15) is 18.8 Å². The number of hydrogen-bond donors (Lipinski definition) is 1. The lowest BCUT2D eigenvalue weighted by atomic mass is 10.2. The molecule has 3 rings (SSSR count). The Hall–Kier alpha value is -3.00. The molecule has 0 saturated heterocycles. The van der Waals surface area contributed by atoms with Gasteiger partial charge in [-0.3, -0.25) is 18.7 Å². The summed E-state index contributed by atoms with van der Waals surface area (Å²) in [4.78, 5) is 40.5. The first-order chi connectivity index (χ1) is 11.8. The second kappa shape index (κ2) is 6.14. The fraction of sp³-hybridized carbons (Fsp3) is 0.125. The highest BCUT2D eigenvalue weighted by Gasteiger charge is 2.15. The van der Waals surface area contributed by atoms with E-state index in [1.54, 1.807) is 0 Å². The Kier molecular flexibility index (Phi) is 4.13. The average molecular weight is 363 g/mol. The maximum atomic E-state index is 13.1. The average Bonchev–Trinajstić information content (AvgIpc) is 2.60. The van der Waals surface area contributed by atoms with Gasteiger partial charge in [-0.25, -0.2) is 14.2 Å². The van der Waals surface area contributed by atoms with Crippen molar-refractivity contribution in [1.29, 1.82) is 0 Å². The summed E-state index contributed by atoms with van der Waals surface area (Å²) in [6, 6.07) is 6.33. The second-order valence-corrected chi connectivity index (χ2v) is 5.76. The van der Waals surface area contributed by atoms with Crippen LogP contribution in [0.2, 0.25) is 5.02 Å². The van der Waals surface area contributed by atoms with Crippen LogP contribution < -0.4 is 16.6 Å². The van der Waals surface area contributed by atoms with Gasteiger partial charge in [-0.1, -0.05) is 11.6 Å². The summed E-state index contributed by atoms with van der Waals surface area (Å²) in [7, 11) is 2.82. The van der Waals surface area contributed by atoms with E-state index in [2.05, 4.69) is 10.3 Å². The summed E-state index contributed by atoms with van der Waals surface area (Å²) in [5.74, 6) is -1.14. The van der Waals surface area contributed by atoms with E-state index in [0.717, 1.165) is 16.7 Å². The molecule has 7 nitrogen and oxygen atoms in total. The largest absolute Gasteiger partial charge is 0.332 e. The van der Waals surface area contributed by atoms with Crippen LogP contribution in [0.3, 0.4) is 0 Å². The molecule has 25 heavy (non-hydrogen) atoms. The molecule has 2 heterocycles. The summed E-state index contributed by atoms with van der Waals surface area (Å²) in [5, 5.41) is 2.75. The van der Waals surface area contributed by atoms with Gasteiger partial charge in [0.05, 0.1) is 16.1 Å². The molecule has 0 aliphatic heterocycles. The minimum Gasteiger partial charge on any atom is -0.319 e. The summed E-state index contributed by atoms with van der Waals surface area (Å²) in [6.07, 6.45) is 0. The van der Waals surface area contributed by atoms with E-state index in [1.807, 2.05) is 0 Å². The lowest BCUT2D eigenvalue weighted by molar-refractivity contribution is 0.102. The Balaban J connectivity index is 2.06. The predicted octanol–water partition coefficient (Wildman–Crippen LogP) is 1.68. The van der Waals surface area contributed by atoms with Crippen molar-refractivity contribution in [2.75, 3.05) is 5.32 Å². The molecule has 1 N–H and O–H groups in total. The molecule has 0 unspecified atom stereocenters. The number of carbonyl (C=O) groups excluding carboxylic acids is 1. The number of rotatable bonds is 2. The molecular formula is C16H12ClFN4O3. The van der Waals surface area contributed by atoms with Gasteiger partial charge in [-0.05, 0) is 30.3 Å². The van der Waals surface area contributed by atoms with Crippen LogP contribution >= 0.6 is 11.6 Å². The normalized spacial score (nSPS) is 10.9. The minimum atomic E-state index is -0.608. The molecule has 0 atom stereocenters. The molecule has 1 amide bonds. The van der Waals surface area contributed by atoms with Crippen LogP contribution in [0.15, 0.2) is 39.9 Å². The summed E-state index contributed by atoms with van der Waals surface area (Å²) >= 11 is 5.88. The van der Waals surface area contributed by atoms with Crippen molar-refractivity contribution in [3.8, 4) is 0 Å². The summed E-state index contributed by atoms with van der Waals surface area (Å²) < 4.78 is 15.2. The number of benzene rings is 1. The molecule has 0 aliphatic rings. The highest BCUT2D eigenvalue weighted by atomic mass is 35.5. The lowest BCUT2D eigenvalue weighted by Gasteiger charge is -2.09. The summed E-state index contributed by atoms with van der Waals surface area (Å²) in [6.45, 7) is 0. The van der Waals surface area contributed by atoms with Gasteiger partial charge in [0.1, 0.15) is 17.2 Å². The molecule has 3 aromatic rings. The first-order valence-electron chi connectivity index (χ1n) is 7.13. The number of nitrogens with zero attached hydrogens (tertiary/aromatic N) is 3. The van der Waals surface area contributed by atoms with Crippen LogP contribution in [-0.4, -0.2) is 20.0 Å². The van der Waals surface area contributed by atoms with Crippen molar-refractivity contribution in [1.82, 2.24) is 14.1 Å². The highest BCUT2D eigenvalue weighted by Crippen LogP contribution is 2.23. The Labute approximate surface area is 145 Å². The minimum absolute atomic E-state index is 0.0175. The first-order valence-corrected chi connectivity index (χ1v) is 7.50. The zero-order valence-electron chi connectivity index (χ0n) is 13.2. The topological polar surface area (TPSA) is 86.0 Å². The van der Waals surface area contributed by atoms with Crippen molar-refractivity contribution >= 4 is 34.2 Å². The number of nitrogens with one attached hydrogen (secondary N) is 1. The van der Waals surface area contributed by atoms with Gasteiger partial charge >= 0.3 is 5.69 Å². The van der Waals surface area contributed by atoms with Gasteiger partial charge in [-0.15, -0.1) is 0 Å². The van der Waals surface area contributed by atoms with Crippen molar-refractivity contribution in [3.63, 3.8) is 0 Å². The van der Waals surface area contributed by atoms with Crippen molar-refractivity contribution in [2.45, 2.75) is 0 Å². The maximum Gasteiger partial charge on any atom is 0.332 e. The standard InChI is InChI=1S/C16H12ClFN4O3/c1-21-13-9(15(24)22(2)16(21)25)4-6-12(19-13)14(23)20-11-5-3-8(18)7-10(11)17/h3-7H,1-2H3,(H,20,23). The van der Waals surface area contributed by atoms with Crippen LogP contribution in [0, 0.1) is 5.82 Å². The third-order valence-electron chi connectivity index (χ3n) is 3.71. The summed E-state index contributed by atoms with van der Waals surface area (Å²) in [5.41, 5.74) is -0.766. The Morgan fingerprint density at radius 3 is 2.56 bits per heavy atom. The molecule has 1 aromatic carbocycles. The Bertz CT molecular complexity index is 1140. The van der Waals surface area contributed by atoms with Crippen molar-refractivity contribution in [3.05, 3.63) is 67.7 Å². The van der Waals surface area contributed by atoms with Crippen LogP contribution in [0.5, 0.6) is 0 Å². The zero-order chi connectivity index (χ0) is 18.3. The molecule has 128 valence electrons. The molecular weight excluding hydrogens is 351 g/mol. The van der Waals surface area contributed by atoms with Gasteiger partial charge < -0.3 is 5.32 Å². The van der Waals surface area contributed by atoms with E-state index < -0.39 is 23.0 Å². The van der Waals surface area contributed by atoms with Crippen molar-refractivity contribution < 1.29 is 9.18 Å². The molecule has 9 heteroatoms. The molecule has 0 spiro atoms. The zero-order valence-corrected chi connectivity index (χ0v) is 14.0. The molecule has 0 bridgehead atoms. The third-order valence-corrected chi connectivity index (χ3v) is 4.03. The molecule has 0 fully saturated rings. The molecule has 0 saturated carbocycles. The number of amides is 1. The first kappa shape index (κ1) is 16.8. The maximum absolute atomic E-state index is 13.1. The number of aryl methyl sites for hydroxylation is 1. The van der Waals surface area contributed by atoms with Gasteiger partial charge in [0.2, 0.25) is 0 Å². The van der Waals surface area contributed by atoms with Crippen LogP contribution in [0.4, 0.5) is 10.1 Å². The highest BCUT2D eigenvalue weighted by molar-refractivity contribution is 6.33. The van der Waals surface area contributed by atoms with Gasteiger partial charge in [0.25, 0.3) is 11.5 Å². The van der Waals surface area contributed by atoms with Crippen LogP contribution in [-0.2, 0) is 14.1 Å². The molecule has 2 aromatic heterocycles. The van der Waals surface area contributed by atoms with E-state index in [0.29, 0.717) is 0 Å². The fourth-order valence-electron chi connectivity index (χ4n) is 2.36. The number of aromatic nitrogens is 3. The monoisotopic (exact) mass is 362 g/mol. The number of anilines is 1. The predicted molar refractivity (Wildman–Crippen MR) is 91.6 cm³/mol. The Morgan fingerprint density at radius 2 is 1.88 bits per heavy atom. The van der Waals surface area contributed by atoms with Gasteiger partial charge in [-0.2, -0.15) is 0 Å². The van der Waals surface area contributed by atoms with E-state index in [4.69, 9.17) is 11.6 Å². The third kappa shape index (κ3) is 2.91. The quantitative estimate of drug-likeness (QED) is 0.751. The fourth-order valence-corrected chi connectivity index (χ4v) is 2.57.